The second kappa shape index (κ2) is 6.26. The van der Waals surface area contributed by atoms with Crippen molar-refractivity contribution in [1.29, 1.82) is 0 Å². The molecule has 2 aromatic rings. The van der Waals surface area contributed by atoms with Gasteiger partial charge in [0.25, 0.3) is 0 Å². The fourth-order valence-electron chi connectivity index (χ4n) is 3.32. The van der Waals surface area contributed by atoms with Gasteiger partial charge in [0.2, 0.25) is 0 Å². The molecule has 0 spiro atoms. The molecule has 1 unspecified atom stereocenters. The van der Waals surface area contributed by atoms with Crippen LogP contribution in [0.1, 0.15) is 55.5 Å². The molecule has 0 aromatic heterocycles. The number of rotatable bonds is 3. The number of nitrogens with one attached hydrogen (secondary N) is 1. The minimum Gasteiger partial charge on any atom is -0.310 e. The Morgan fingerprint density at radius 3 is 2.55 bits per heavy atom. The van der Waals surface area contributed by atoms with E-state index in [-0.39, 0.29) is 5.41 Å². The van der Waals surface area contributed by atoms with Crippen LogP contribution >= 0.6 is 0 Å². The first-order chi connectivity index (χ1) is 10.5. The molecule has 0 amide bonds. The molecule has 1 aliphatic rings. The van der Waals surface area contributed by atoms with Crippen LogP contribution in [0.4, 0.5) is 0 Å². The molecule has 1 nitrogen and oxygen atoms in total. The second-order valence-corrected chi connectivity index (χ2v) is 7.44. The van der Waals surface area contributed by atoms with E-state index in [0.29, 0.717) is 6.04 Å². The van der Waals surface area contributed by atoms with Gasteiger partial charge in [0.05, 0.1) is 0 Å². The van der Waals surface area contributed by atoms with Gasteiger partial charge in [-0.15, -0.1) is 0 Å². The summed E-state index contributed by atoms with van der Waals surface area (Å²) in [7, 11) is 0. The minimum absolute atomic E-state index is 0.219. The zero-order valence-corrected chi connectivity index (χ0v) is 14.0. The third-order valence-corrected chi connectivity index (χ3v) is 4.74. The van der Waals surface area contributed by atoms with Crippen molar-refractivity contribution in [1.82, 2.24) is 5.32 Å². The lowest BCUT2D eigenvalue weighted by molar-refractivity contribution is 0.473. The van der Waals surface area contributed by atoms with Gasteiger partial charge in [-0.2, -0.15) is 0 Å². The molecule has 0 radical (unpaired) electrons. The molecule has 0 aliphatic carbocycles. The van der Waals surface area contributed by atoms with Crippen molar-refractivity contribution >= 4 is 0 Å². The van der Waals surface area contributed by atoms with Gasteiger partial charge >= 0.3 is 0 Å². The van der Waals surface area contributed by atoms with E-state index in [4.69, 9.17) is 0 Å². The highest BCUT2D eigenvalue weighted by atomic mass is 14.9. The van der Waals surface area contributed by atoms with Crippen molar-refractivity contribution in [2.24, 2.45) is 0 Å². The van der Waals surface area contributed by atoms with Crippen LogP contribution in [0.3, 0.4) is 0 Å². The van der Waals surface area contributed by atoms with Crippen LogP contribution in [0.5, 0.6) is 0 Å². The zero-order chi connectivity index (χ0) is 15.6. The van der Waals surface area contributed by atoms with E-state index in [9.17, 15) is 0 Å². The molecule has 0 saturated carbocycles. The first kappa shape index (κ1) is 15.3. The van der Waals surface area contributed by atoms with Crippen LogP contribution in [-0.4, -0.2) is 6.54 Å². The monoisotopic (exact) mass is 293 g/mol. The minimum atomic E-state index is 0.219. The van der Waals surface area contributed by atoms with Crippen molar-refractivity contribution in [2.75, 3.05) is 6.54 Å². The van der Waals surface area contributed by atoms with Crippen molar-refractivity contribution < 1.29 is 0 Å². The molecule has 1 N–H and O–H groups in total. The van der Waals surface area contributed by atoms with E-state index >= 15 is 0 Å². The van der Waals surface area contributed by atoms with E-state index < -0.39 is 0 Å². The van der Waals surface area contributed by atoms with Crippen molar-refractivity contribution in [3.05, 3.63) is 70.8 Å². The zero-order valence-electron chi connectivity index (χ0n) is 14.0. The summed E-state index contributed by atoms with van der Waals surface area (Å²) < 4.78 is 0. The van der Waals surface area contributed by atoms with Gasteiger partial charge in [0.1, 0.15) is 0 Å². The molecule has 1 aliphatic heterocycles. The highest BCUT2D eigenvalue weighted by Crippen LogP contribution is 2.31. The molecule has 116 valence electrons. The predicted molar refractivity (Wildman–Crippen MR) is 94.4 cm³/mol. The lowest BCUT2D eigenvalue weighted by Crippen LogP contribution is -2.30. The quantitative estimate of drug-likeness (QED) is 0.857. The lowest BCUT2D eigenvalue weighted by Gasteiger charge is -2.30. The maximum Gasteiger partial charge on any atom is 0.0326 e. The van der Waals surface area contributed by atoms with Crippen LogP contribution < -0.4 is 5.32 Å². The third kappa shape index (κ3) is 3.41. The highest BCUT2D eigenvalue weighted by molar-refractivity contribution is 5.39. The molecule has 1 atom stereocenters. The molecular weight excluding hydrogens is 266 g/mol. The van der Waals surface area contributed by atoms with E-state index in [0.717, 1.165) is 19.4 Å². The predicted octanol–water partition coefficient (Wildman–Crippen LogP) is 4.80. The molecule has 2 aromatic carbocycles. The first-order valence-electron chi connectivity index (χ1n) is 8.44. The van der Waals surface area contributed by atoms with Gasteiger partial charge in [-0.1, -0.05) is 69.3 Å². The van der Waals surface area contributed by atoms with Gasteiger partial charge in [-0.05, 0) is 53.5 Å². The first-order valence-corrected chi connectivity index (χ1v) is 8.44. The summed E-state index contributed by atoms with van der Waals surface area (Å²) in [5.74, 6) is 0. The largest absolute Gasteiger partial charge is 0.310 e. The smallest absolute Gasteiger partial charge is 0.0326 e. The third-order valence-electron chi connectivity index (χ3n) is 4.74. The number of aryl methyl sites for hydroxylation is 1. The summed E-state index contributed by atoms with van der Waals surface area (Å²) in [5, 5.41) is 3.72. The maximum absolute atomic E-state index is 3.72. The lowest BCUT2D eigenvalue weighted by atomic mass is 9.82. The van der Waals surface area contributed by atoms with E-state index in [1.807, 2.05) is 0 Å². The Balaban J connectivity index is 1.80. The molecule has 0 bridgehead atoms. The normalized spacial score (nSPS) is 18.0. The van der Waals surface area contributed by atoms with Crippen molar-refractivity contribution in [2.45, 2.75) is 51.5 Å². The SMILES string of the molecule is CC(C)(C)c1ccc2c(c1)C(CCc1ccccc1)NCC2. The summed E-state index contributed by atoms with van der Waals surface area (Å²) in [6.07, 6.45) is 3.46. The second-order valence-electron chi connectivity index (χ2n) is 7.44. The Morgan fingerprint density at radius 1 is 1.05 bits per heavy atom. The van der Waals surface area contributed by atoms with E-state index in [1.54, 1.807) is 0 Å². The molecule has 0 saturated heterocycles. The van der Waals surface area contributed by atoms with Gasteiger partial charge < -0.3 is 5.32 Å². The summed E-state index contributed by atoms with van der Waals surface area (Å²) in [6, 6.07) is 18.4. The van der Waals surface area contributed by atoms with Crippen LogP contribution in [0.25, 0.3) is 0 Å². The van der Waals surface area contributed by atoms with E-state index in [1.165, 1.54) is 28.7 Å². The van der Waals surface area contributed by atoms with Crippen molar-refractivity contribution in [3.63, 3.8) is 0 Å². The Hall–Kier alpha value is -1.60. The van der Waals surface area contributed by atoms with Crippen molar-refractivity contribution in [3.8, 4) is 0 Å². The highest BCUT2D eigenvalue weighted by Gasteiger charge is 2.22. The standard InChI is InChI=1S/C21H27N/c1-21(2,3)18-11-10-17-13-14-22-20(19(17)15-18)12-9-16-7-5-4-6-8-16/h4-8,10-11,15,20,22H,9,12-14H2,1-3H3. The molecule has 0 fully saturated rings. The van der Waals surface area contributed by atoms with Crippen LogP contribution in [0, 0.1) is 0 Å². The summed E-state index contributed by atoms with van der Waals surface area (Å²) in [6.45, 7) is 7.99. The fraction of sp³-hybridized carbons (Fsp3) is 0.429. The van der Waals surface area contributed by atoms with Crippen LogP contribution in [0.15, 0.2) is 48.5 Å². The average molecular weight is 293 g/mol. The Kier molecular flexibility index (Phi) is 4.35. The topological polar surface area (TPSA) is 12.0 Å². The Morgan fingerprint density at radius 2 is 1.82 bits per heavy atom. The molecule has 1 heterocycles. The molecule has 1 heteroatoms. The Bertz CT molecular complexity index is 622. The van der Waals surface area contributed by atoms with Gasteiger partial charge in [0, 0.05) is 6.04 Å². The van der Waals surface area contributed by atoms with Crippen LogP contribution in [-0.2, 0) is 18.3 Å². The van der Waals surface area contributed by atoms with Gasteiger partial charge in [-0.3, -0.25) is 0 Å². The molecule has 22 heavy (non-hydrogen) atoms. The number of fused-ring (bicyclic) bond motifs is 1. The van der Waals surface area contributed by atoms with Gasteiger partial charge in [-0.25, -0.2) is 0 Å². The number of hydrogen-bond donors (Lipinski definition) is 1. The van der Waals surface area contributed by atoms with Gasteiger partial charge in [0.15, 0.2) is 0 Å². The maximum atomic E-state index is 3.72. The summed E-state index contributed by atoms with van der Waals surface area (Å²) in [5.41, 5.74) is 6.15. The number of hydrogen-bond acceptors (Lipinski definition) is 1. The molecular formula is C21H27N. The average Bonchev–Trinajstić information content (AvgIpc) is 2.52. The fourth-order valence-corrected chi connectivity index (χ4v) is 3.32. The molecule has 3 rings (SSSR count). The number of benzene rings is 2. The van der Waals surface area contributed by atoms with Crippen LogP contribution in [0.2, 0.25) is 0 Å². The van der Waals surface area contributed by atoms with E-state index in [2.05, 4.69) is 74.6 Å². The Labute approximate surface area is 134 Å². The summed E-state index contributed by atoms with van der Waals surface area (Å²) in [4.78, 5) is 0. The summed E-state index contributed by atoms with van der Waals surface area (Å²) >= 11 is 0.